The summed E-state index contributed by atoms with van der Waals surface area (Å²) in [6, 6.07) is 13.2. The second-order valence-electron chi connectivity index (χ2n) is 4.29. The number of rotatable bonds is 4. The maximum absolute atomic E-state index is 11.1. The van der Waals surface area contributed by atoms with Crippen molar-refractivity contribution in [3.63, 3.8) is 0 Å². The zero-order valence-electron chi connectivity index (χ0n) is 10.4. The predicted octanol–water partition coefficient (Wildman–Crippen LogP) is 2.33. The van der Waals surface area contributed by atoms with Gasteiger partial charge in [-0.15, -0.1) is 0 Å². The van der Waals surface area contributed by atoms with Gasteiger partial charge in [0.25, 0.3) is 0 Å². The number of nitrogens with zero attached hydrogens (tertiary/aromatic N) is 3. The molecule has 0 bridgehead atoms. The van der Waals surface area contributed by atoms with E-state index < -0.39 is 16.9 Å². The highest BCUT2D eigenvalue weighted by molar-refractivity contribution is 5.32. The van der Waals surface area contributed by atoms with Crippen molar-refractivity contribution in [1.29, 1.82) is 5.26 Å². The molecular weight excluding hydrogens is 242 g/mol. The van der Waals surface area contributed by atoms with Crippen molar-refractivity contribution in [3.8, 4) is 6.07 Å². The number of aryl methyl sites for hydroxylation is 1. The highest BCUT2D eigenvalue weighted by Gasteiger charge is 2.35. The summed E-state index contributed by atoms with van der Waals surface area (Å²) in [6.45, 7) is 0. The second-order valence-corrected chi connectivity index (χ2v) is 4.29. The summed E-state index contributed by atoms with van der Waals surface area (Å²) in [7, 11) is 1.82. The van der Waals surface area contributed by atoms with E-state index in [0.717, 1.165) is 11.3 Å². The Morgan fingerprint density at radius 1 is 1.26 bits per heavy atom. The minimum absolute atomic E-state index is 0.523. The van der Waals surface area contributed by atoms with Gasteiger partial charge in [-0.3, -0.25) is 10.1 Å². The molecule has 5 nitrogen and oxygen atoms in total. The lowest BCUT2D eigenvalue weighted by Crippen LogP contribution is -2.28. The van der Waals surface area contributed by atoms with E-state index in [1.165, 1.54) is 0 Å². The Labute approximate surface area is 110 Å². The van der Waals surface area contributed by atoms with Crippen molar-refractivity contribution in [1.82, 2.24) is 4.57 Å². The maximum atomic E-state index is 11.1. The van der Waals surface area contributed by atoms with Crippen LogP contribution in [0.2, 0.25) is 0 Å². The molecule has 0 aliphatic carbocycles. The third kappa shape index (κ3) is 2.47. The minimum atomic E-state index is -1.30. The molecule has 0 saturated heterocycles. The molecule has 1 aromatic carbocycles. The van der Waals surface area contributed by atoms with E-state index in [-0.39, 0.29) is 0 Å². The molecule has 0 aliphatic rings. The SMILES string of the molecule is Cn1cccc1C(c1ccccc1)C(C#N)[N+](=O)[O-]. The van der Waals surface area contributed by atoms with E-state index in [1.54, 1.807) is 6.07 Å². The van der Waals surface area contributed by atoms with E-state index >= 15 is 0 Å². The molecule has 0 fully saturated rings. The Bertz CT molecular complexity index is 613. The average molecular weight is 255 g/mol. The molecular formula is C14H13N3O2. The largest absolute Gasteiger partial charge is 0.354 e. The van der Waals surface area contributed by atoms with Crippen LogP contribution < -0.4 is 0 Å². The molecule has 1 aromatic heterocycles. The summed E-state index contributed by atoms with van der Waals surface area (Å²) in [5.74, 6) is -0.568. The van der Waals surface area contributed by atoms with Crippen molar-refractivity contribution in [2.45, 2.75) is 12.0 Å². The van der Waals surface area contributed by atoms with Gasteiger partial charge in [-0.05, 0) is 17.7 Å². The summed E-state index contributed by atoms with van der Waals surface area (Å²) in [5.41, 5.74) is 1.53. The van der Waals surface area contributed by atoms with Crippen molar-refractivity contribution in [2.75, 3.05) is 0 Å². The molecule has 19 heavy (non-hydrogen) atoms. The molecule has 2 aromatic rings. The summed E-state index contributed by atoms with van der Waals surface area (Å²) >= 11 is 0. The van der Waals surface area contributed by atoms with Gasteiger partial charge in [0, 0.05) is 23.9 Å². The first-order valence-electron chi connectivity index (χ1n) is 5.84. The Balaban J connectivity index is 2.55. The number of nitriles is 1. The molecule has 0 aliphatic heterocycles. The third-order valence-corrected chi connectivity index (χ3v) is 3.14. The molecule has 2 atom stereocenters. The van der Waals surface area contributed by atoms with Crippen molar-refractivity contribution >= 4 is 0 Å². The Hall–Kier alpha value is -2.61. The number of benzene rings is 1. The van der Waals surface area contributed by atoms with Gasteiger partial charge in [-0.1, -0.05) is 30.3 Å². The smallest absolute Gasteiger partial charge is 0.308 e. The van der Waals surface area contributed by atoms with Crippen LogP contribution in [0.25, 0.3) is 0 Å². The zero-order chi connectivity index (χ0) is 13.8. The van der Waals surface area contributed by atoms with Gasteiger partial charge in [0.05, 0.1) is 0 Å². The molecule has 0 N–H and O–H groups in total. The number of hydrogen-bond acceptors (Lipinski definition) is 3. The number of nitro groups is 1. The topological polar surface area (TPSA) is 71.9 Å². The molecule has 96 valence electrons. The van der Waals surface area contributed by atoms with Crippen molar-refractivity contribution in [3.05, 3.63) is 70.0 Å². The van der Waals surface area contributed by atoms with Crippen molar-refractivity contribution < 1.29 is 4.92 Å². The summed E-state index contributed by atoms with van der Waals surface area (Å²) < 4.78 is 1.81. The van der Waals surface area contributed by atoms with Gasteiger partial charge in [0.2, 0.25) is 0 Å². The van der Waals surface area contributed by atoms with Gasteiger partial charge in [-0.2, -0.15) is 5.26 Å². The van der Waals surface area contributed by atoms with Crippen molar-refractivity contribution in [2.24, 2.45) is 7.05 Å². The second kappa shape index (κ2) is 5.36. The third-order valence-electron chi connectivity index (χ3n) is 3.14. The van der Waals surface area contributed by atoms with Crippen LogP contribution >= 0.6 is 0 Å². The predicted molar refractivity (Wildman–Crippen MR) is 70.1 cm³/mol. The van der Waals surface area contributed by atoms with Gasteiger partial charge in [-0.25, -0.2) is 0 Å². The van der Waals surface area contributed by atoms with Gasteiger partial charge >= 0.3 is 6.04 Å². The van der Waals surface area contributed by atoms with E-state index in [1.807, 2.05) is 60.3 Å². The fraction of sp³-hybridized carbons (Fsp3) is 0.214. The molecule has 0 spiro atoms. The molecule has 0 radical (unpaired) electrons. The van der Waals surface area contributed by atoms with Crippen LogP contribution in [-0.4, -0.2) is 15.5 Å². The lowest BCUT2D eigenvalue weighted by Gasteiger charge is -2.18. The molecule has 2 rings (SSSR count). The lowest BCUT2D eigenvalue weighted by atomic mass is 9.89. The average Bonchev–Trinajstić information content (AvgIpc) is 2.82. The van der Waals surface area contributed by atoms with Gasteiger partial charge < -0.3 is 4.57 Å². The van der Waals surface area contributed by atoms with Crippen LogP contribution in [0.5, 0.6) is 0 Å². The number of hydrogen-bond donors (Lipinski definition) is 0. The Kier molecular flexibility index (Phi) is 3.62. The summed E-state index contributed by atoms with van der Waals surface area (Å²) in [4.78, 5) is 10.6. The highest BCUT2D eigenvalue weighted by atomic mass is 16.6. The summed E-state index contributed by atoms with van der Waals surface area (Å²) in [6.07, 6.45) is 1.82. The highest BCUT2D eigenvalue weighted by Crippen LogP contribution is 2.29. The van der Waals surface area contributed by atoms with Crippen LogP contribution in [0, 0.1) is 21.4 Å². The summed E-state index contributed by atoms with van der Waals surface area (Å²) in [5, 5.41) is 20.2. The zero-order valence-corrected chi connectivity index (χ0v) is 10.4. The molecule has 0 amide bonds. The molecule has 0 saturated carbocycles. The monoisotopic (exact) mass is 255 g/mol. The standard InChI is InChI=1S/C14H13N3O2/c1-16-9-5-8-12(16)14(13(10-15)17(18)19)11-6-3-2-4-7-11/h2-9,13-14H,1H3. The van der Waals surface area contributed by atoms with Gasteiger partial charge in [0.15, 0.2) is 0 Å². The van der Waals surface area contributed by atoms with Crippen LogP contribution in [0.1, 0.15) is 17.2 Å². The fourth-order valence-corrected chi connectivity index (χ4v) is 2.22. The van der Waals surface area contributed by atoms with E-state index in [0.29, 0.717) is 0 Å². The number of aromatic nitrogens is 1. The fourth-order valence-electron chi connectivity index (χ4n) is 2.22. The van der Waals surface area contributed by atoms with Crippen LogP contribution in [-0.2, 0) is 7.05 Å². The quantitative estimate of drug-likeness (QED) is 0.621. The van der Waals surface area contributed by atoms with E-state index in [2.05, 4.69) is 0 Å². The molecule has 1 heterocycles. The molecule has 2 unspecified atom stereocenters. The first-order chi connectivity index (χ1) is 9.15. The van der Waals surface area contributed by atoms with E-state index in [9.17, 15) is 10.1 Å². The first-order valence-corrected chi connectivity index (χ1v) is 5.84. The maximum Gasteiger partial charge on any atom is 0.308 e. The van der Waals surface area contributed by atoms with Crippen LogP contribution in [0.3, 0.4) is 0 Å². The molecule has 5 heteroatoms. The first kappa shape index (κ1) is 12.8. The normalized spacial score (nSPS) is 13.5. The van der Waals surface area contributed by atoms with Crippen LogP contribution in [0.4, 0.5) is 0 Å². The van der Waals surface area contributed by atoms with Crippen LogP contribution in [0.15, 0.2) is 48.7 Å². The van der Waals surface area contributed by atoms with Gasteiger partial charge in [0.1, 0.15) is 12.0 Å². The van der Waals surface area contributed by atoms with E-state index in [4.69, 9.17) is 5.26 Å². The lowest BCUT2D eigenvalue weighted by molar-refractivity contribution is -0.509. The Morgan fingerprint density at radius 2 is 1.95 bits per heavy atom. The minimum Gasteiger partial charge on any atom is -0.354 e. The Morgan fingerprint density at radius 3 is 2.42 bits per heavy atom.